The van der Waals surface area contributed by atoms with Crippen LogP contribution in [0.3, 0.4) is 0 Å². The first-order valence-corrected chi connectivity index (χ1v) is 16.8. The Labute approximate surface area is 242 Å². The zero-order valence-electron chi connectivity index (χ0n) is 25.2. The Hall–Kier alpha value is -1.03. The quantitative estimate of drug-likeness (QED) is 0.0527. The predicted molar refractivity (Wildman–Crippen MR) is 155 cm³/mol. The summed E-state index contributed by atoms with van der Waals surface area (Å²) in [5.41, 5.74) is 0. The van der Waals surface area contributed by atoms with Crippen LogP contribution in [0, 0.1) is 0 Å². The van der Waals surface area contributed by atoms with E-state index in [0.717, 1.165) is 64.6 Å². The molecule has 0 rings (SSSR count). The molecular weight excluding hydrogens is 539 g/mol. The molecule has 11 heteroatoms. The molecule has 0 unspecified atom stereocenters. The van der Waals surface area contributed by atoms with Crippen LogP contribution in [0.2, 0.25) is 0 Å². The second kappa shape index (κ2) is 28.1. The molecule has 0 aliphatic carbocycles. The van der Waals surface area contributed by atoms with E-state index in [9.17, 15) is 14.2 Å². The van der Waals surface area contributed by atoms with Gasteiger partial charge in [0.1, 0.15) is 6.61 Å². The lowest BCUT2D eigenvalue weighted by Crippen LogP contribution is -2.29. The van der Waals surface area contributed by atoms with Gasteiger partial charge in [-0.3, -0.25) is 14.1 Å². The number of unbranched alkanes of at least 4 members (excludes halogenated alkanes) is 16. The fourth-order valence-corrected chi connectivity index (χ4v) is 4.67. The highest BCUT2D eigenvalue weighted by Gasteiger charge is 2.22. The fraction of sp³-hybridized carbons (Fsp3) is 0.931. The van der Waals surface area contributed by atoms with Crippen molar-refractivity contribution >= 4 is 19.8 Å². The van der Waals surface area contributed by atoms with Crippen LogP contribution >= 0.6 is 7.82 Å². The Kier molecular flexibility index (Phi) is 27.4. The molecule has 0 saturated carbocycles. The molecule has 0 heterocycles. The third-order valence-electron chi connectivity index (χ3n) is 6.62. The van der Waals surface area contributed by atoms with Crippen LogP contribution in [0.25, 0.3) is 0 Å². The molecule has 0 bridgehead atoms. The fourth-order valence-electron chi connectivity index (χ4n) is 4.31. The first-order valence-electron chi connectivity index (χ1n) is 15.3. The Bertz CT molecular complexity index is 640. The van der Waals surface area contributed by atoms with Gasteiger partial charge in [-0.05, 0) is 25.7 Å². The van der Waals surface area contributed by atoms with E-state index < -0.39 is 32.5 Å². The van der Waals surface area contributed by atoms with Crippen LogP contribution in [0.5, 0.6) is 0 Å². The minimum Gasteiger partial charge on any atom is -0.462 e. The van der Waals surface area contributed by atoms with Crippen LogP contribution in [0.4, 0.5) is 0 Å². The van der Waals surface area contributed by atoms with Crippen LogP contribution in [0.15, 0.2) is 0 Å². The monoisotopic (exact) mass is 596 g/mol. The van der Waals surface area contributed by atoms with Crippen LogP contribution < -0.4 is 0 Å². The van der Waals surface area contributed by atoms with Gasteiger partial charge >= 0.3 is 19.8 Å². The number of carbonyl (C=O) groups is 2. The highest BCUT2D eigenvalue weighted by Crippen LogP contribution is 2.35. The number of carbonyl (C=O) groups excluding carboxylic acids is 2. The van der Waals surface area contributed by atoms with Gasteiger partial charge in [-0.25, -0.2) is 4.57 Å². The van der Waals surface area contributed by atoms with Crippen molar-refractivity contribution in [1.82, 2.24) is 0 Å². The molecule has 0 aliphatic heterocycles. The summed E-state index contributed by atoms with van der Waals surface area (Å²) < 4.78 is 36.2. The average Bonchev–Trinajstić information content (AvgIpc) is 2.91. The number of phosphoric acid groups is 1. The number of methoxy groups -OCH3 is 2. The first kappa shape index (κ1) is 39.0. The van der Waals surface area contributed by atoms with Gasteiger partial charge in [-0.2, -0.15) is 0 Å². The van der Waals surface area contributed by atoms with Gasteiger partial charge in [0.15, 0.2) is 6.10 Å². The maximum absolute atomic E-state index is 12.2. The summed E-state index contributed by atoms with van der Waals surface area (Å²) in [6.45, 7) is 0.812. The van der Waals surface area contributed by atoms with E-state index in [1.807, 2.05) is 0 Å². The Morgan fingerprint density at radius 1 is 0.575 bits per heavy atom. The van der Waals surface area contributed by atoms with Crippen molar-refractivity contribution < 1.29 is 47.4 Å². The zero-order chi connectivity index (χ0) is 29.7. The molecular formula is C29H57O10P. The zero-order valence-corrected chi connectivity index (χ0v) is 26.0. The van der Waals surface area contributed by atoms with Gasteiger partial charge in [-0.1, -0.05) is 89.9 Å². The summed E-state index contributed by atoms with van der Waals surface area (Å²) >= 11 is 0. The van der Waals surface area contributed by atoms with Crippen molar-refractivity contribution in [2.75, 3.05) is 40.6 Å². The summed E-state index contributed by atoms with van der Waals surface area (Å²) in [6.07, 6.45) is 18.9. The SMILES string of the molecule is COCCCCCCCCCCCC(=O)OC[C@@H](COP(=O)(O)O)OC(=O)CCCCCCCCCCCOC. The molecule has 0 fully saturated rings. The minimum absolute atomic E-state index is 0.199. The second-order valence-electron chi connectivity index (χ2n) is 10.4. The van der Waals surface area contributed by atoms with E-state index in [2.05, 4.69) is 4.52 Å². The molecule has 238 valence electrons. The van der Waals surface area contributed by atoms with Gasteiger partial charge < -0.3 is 28.7 Å². The van der Waals surface area contributed by atoms with Crippen molar-refractivity contribution in [2.24, 2.45) is 0 Å². The van der Waals surface area contributed by atoms with Gasteiger partial charge in [0, 0.05) is 40.3 Å². The lowest BCUT2D eigenvalue weighted by atomic mass is 10.1. The highest BCUT2D eigenvalue weighted by atomic mass is 31.2. The standard InChI is InChI=1S/C29H57O10P/c1-35-23-19-15-11-7-3-5-9-13-17-21-28(30)37-25-27(26-38-40(32,33)34)39-29(31)22-18-14-10-6-4-8-12-16-20-24-36-2/h27H,3-26H2,1-2H3,(H2,32,33,34)/t27-/m0/s1. The summed E-state index contributed by atoms with van der Waals surface area (Å²) in [4.78, 5) is 42.3. The van der Waals surface area contributed by atoms with E-state index >= 15 is 0 Å². The van der Waals surface area contributed by atoms with Crippen molar-refractivity contribution in [3.63, 3.8) is 0 Å². The summed E-state index contributed by atoms with van der Waals surface area (Å²) in [7, 11) is -1.30. The van der Waals surface area contributed by atoms with Crippen molar-refractivity contribution in [2.45, 2.75) is 135 Å². The number of esters is 2. The van der Waals surface area contributed by atoms with Crippen LogP contribution in [0.1, 0.15) is 128 Å². The lowest BCUT2D eigenvalue weighted by molar-refractivity contribution is -0.161. The topological polar surface area (TPSA) is 138 Å². The number of hydrogen-bond donors (Lipinski definition) is 2. The molecule has 10 nitrogen and oxygen atoms in total. The Balaban J connectivity index is 4.01. The van der Waals surface area contributed by atoms with Crippen molar-refractivity contribution in [3.05, 3.63) is 0 Å². The van der Waals surface area contributed by atoms with Gasteiger partial charge in [0.25, 0.3) is 0 Å². The highest BCUT2D eigenvalue weighted by molar-refractivity contribution is 7.46. The van der Waals surface area contributed by atoms with Gasteiger partial charge in [0.2, 0.25) is 0 Å². The summed E-state index contributed by atoms with van der Waals surface area (Å²) in [6, 6.07) is 0. The normalized spacial score (nSPS) is 12.4. The van der Waals surface area contributed by atoms with E-state index in [1.54, 1.807) is 14.2 Å². The summed E-state index contributed by atoms with van der Waals surface area (Å²) in [5.74, 6) is -0.915. The molecule has 0 aromatic rings. The van der Waals surface area contributed by atoms with Crippen molar-refractivity contribution in [1.29, 1.82) is 0 Å². The molecule has 1 atom stereocenters. The van der Waals surface area contributed by atoms with Crippen LogP contribution in [-0.2, 0) is 37.6 Å². The van der Waals surface area contributed by atoms with E-state index in [-0.39, 0.29) is 19.4 Å². The van der Waals surface area contributed by atoms with Crippen LogP contribution in [-0.4, -0.2) is 68.5 Å². The van der Waals surface area contributed by atoms with Gasteiger partial charge in [0.05, 0.1) is 6.61 Å². The minimum atomic E-state index is -4.74. The molecule has 2 N–H and O–H groups in total. The number of hydrogen-bond acceptors (Lipinski definition) is 8. The maximum Gasteiger partial charge on any atom is 0.469 e. The maximum atomic E-state index is 12.2. The van der Waals surface area contributed by atoms with Crippen molar-refractivity contribution in [3.8, 4) is 0 Å². The molecule has 0 spiro atoms. The third kappa shape index (κ3) is 29.9. The van der Waals surface area contributed by atoms with Gasteiger partial charge in [-0.15, -0.1) is 0 Å². The average molecular weight is 597 g/mol. The molecule has 0 radical (unpaired) electrons. The second-order valence-corrected chi connectivity index (χ2v) is 11.7. The largest absolute Gasteiger partial charge is 0.469 e. The molecule has 0 aromatic carbocycles. The molecule has 0 aromatic heterocycles. The summed E-state index contributed by atoms with van der Waals surface area (Å²) in [5, 5.41) is 0. The molecule has 40 heavy (non-hydrogen) atoms. The molecule has 0 aliphatic rings. The lowest BCUT2D eigenvalue weighted by Gasteiger charge is -2.18. The van der Waals surface area contributed by atoms with E-state index in [0.29, 0.717) is 12.8 Å². The van der Waals surface area contributed by atoms with E-state index in [1.165, 1.54) is 51.4 Å². The predicted octanol–water partition coefficient (Wildman–Crippen LogP) is 6.65. The number of phosphoric ester groups is 1. The van der Waals surface area contributed by atoms with E-state index in [4.69, 9.17) is 28.7 Å². The number of rotatable bonds is 30. The molecule has 0 amide bonds. The Morgan fingerprint density at radius 3 is 1.35 bits per heavy atom. The number of ether oxygens (including phenoxy) is 4. The smallest absolute Gasteiger partial charge is 0.462 e. The first-order chi connectivity index (χ1) is 19.3. The molecule has 0 saturated heterocycles. The third-order valence-corrected chi connectivity index (χ3v) is 7.10. The Morgan fingerprint density at radius 2 is 0.950 bits per heavy atom.